The zero-order valence-corrected chi connectivity index (χ0v) is 21.4. The molecular weight excluding hydrogens is 508 g/mol. The Balaban J connectivity index is 1.47. The van der Waals surface area contributed by atoms with Gasteiger partial charge in [-0.05, 0) is 42.3 Å². The molecule has 0 radical (unpaired) electrons. The predicted octanol–water partition coefficient (Wildman–Crippen LogP) is 6.87. The highest BCUT2D eigenvalue weighted by molar-refractivity contribution is 7.21. The van der Waals surface area contributed by atoms with E-state index in [0.717, 1.165) is 21.2 Å². The van der Waals surface area contributed by atoms with Crippen molar-refractivity contribution in [3.63, 3.8) is 0 Å². The predicted molar refractivity (Wildman–Crippen MR) is 144 cm³/mol. The molecule has 0 fully saturated rings. The Morgan fingerprint density at radius 3 is 2.84 bits per heavy atom. The SMILES string of the molecule is C=CCOc1cccc(C2C(C#N)=C(N)Oc3cc(OC(=O)c4sc5cc(C)ccc5c4Cl)ccc32)c1. The average Bonchev–Trinajstić information content (AvgIpc) is 3.22. The molecule has 1 aliphatic heterocycles. The van der Waals surface area contributed by atoms with Crippen molar-refractivity contribution in [3.05, 3.63) is 111 Å². The van der Waals surface area contributed by atoms with E-state index in [9.17, 15) is 10.1 Å². The third kappa shape index (κ3) is 4.65. The molecule has 184 valence electrons. The normalized spacial score (nSPS) is 14.5. The Bertz CT molecular complexity index is 1630. The molecule has 1 aliphatic rings. The summed E-state index contributed by atoms with van der Waals surface area (Å²) in [5, 5.41) is 11.0. The fourth-order valence-corrected chi connectivity index (χ4v) is 5.72. The number of nitriles is 1. The molecular formula is C29H21ClN2O4S. The van der Waals surface area contributed by atoms with Gasteiger partial charge in [0, 0.05) is 21.7 Å². The molecule has 37 heavy (non-hydrogen) atoms. The number of rotatable bonds is 6. The second kappa shape index (κ2) is 10.0. The number of nitrogens with two attached hydrogens (primary N) is 1. The van der Waals surface area contributed by atoms with E-state index in [-0.39, 0.29) is 17.2 Å². The maximum absolute atomic E-state index is 13.0. The number of benzene rings is 3. The molecule has 5 rings (SSSR count). The van der Waals surface area contributed by atoms with E-state index in [0.29, 0.717) is 33.6 Å². The van der Waals surface area contributed by atoms with Gasteiger partial charge >= 0.3 is 5.97 Å². The van der Waals surface area contributed by atoms with E-state index in [4.69, 9.17) is 31.5 Å². The number of esters is 1. The number of hydrogen-bond donors (Lipinski definition) is 1. The average molecular weight is 529 g/mol. The van der Waals surface area contributed by atoms with Crippen molar-refractivity contribution in [2.45, 2.75) is 12.8 Å². The van der Waals surface area contributed by atoms with Gasteiger partial charge in [-0.2, -0.15) is 5.26 Å². The van der Waals surface area contributed by atoms with Crippen molar-refractivity contribution in [2.75, 3.05) is 6.61 Å². The molecule has 0 amide bonds. The highest BCUT2D eigenvalue weighted by atomic mass is 35.5. The number of aryl methyl sites for hydroxylation is 1. The molecule has 0 saturated heterocycles. The molecule has 1 atom stereocenters. The molecule has 0 spiro atoms. The summed E-state index contributed by atoms with van der Waals surface area (Å²) >= 11 is 7.77. The van der Waals surface area contributed by atoms with Crippen molar-refractivity contribution >= 4 is 39.0 Å². The van der Waals surface area contributed by atoms with E-state index in [1.807, 2.05) is 49.4 Å². The zero-order chi connectivity index (χ0) is 26.1. The molecule has 2 N–H and O–H groups in total. The molecule has 3 aromatic carbocycles. The number of carbonyl (C=O) groups excluding carboxylic acids is 1. The summed E-state index contributed by atoms with van der Waals surface area (Å²) in [6.45, 7) is 6.01. The fourth-order valence-electron chi connectivity index (χ4n) is 4.24. The van der Waals surface area contributed by atoms with Crippen LogP contribution in [0.1, 0.15) is 32.3 Å². The molecule has 4 aromatic rings. The number of halogens is 1. The van der Waals surface area contributed by atoms with Gasteiger partial charge in [0.1, 0.15) is 40.4 Å². The van der Waals surface area contributed by atoms with Crippen molar-refractivity contribution in [3.8, 4) is 23.3 Å². The molecule has 0 bridgehead atoms. The summed E-state index contributed by atoms with van der Waals surface area (Å²) in [4.78, 5) is 13.3. The molecule has 1 unspecified atom stereocenters. The summed E-state index contributed by atoms with van der Waals surface area (Å²) in [6, 6.07) is 20.4. The maximum Gasteiger partial charge on any atom is 0.355 e. The van der Waals surface area contributed by atoms with Gasteiger partial charge < -0.3 is 19.9 Å². The molecule has 0 saturated carbocycles. The van der Waals surface area contributed by atoms with Gasteiger partial charge in [-0.1, -0.05) is 54.6 Å². The third-order valence-corrected chi connectivity index (χ3v) is 7.57. The molecule has 1 aromatic heterocycles. The van der Waals surface area contributed by atoms with Gasteiger partial charge in [-0.15, -0.1) is 11.3 Å². The van der Waals surface area contributed by atoms with Gasteiger partial charge in [0.2, 0.25) is 5.88 Å². The number of allylic oxidation sites excluding steroid dienone is 1. The van der Waals surface area contributed by atoms with E-state index < -0.39 is 11.9 Å². The van der Waals surface area contributed by atoms with Crippen molar-refractivity contribution in [2.24, 2.45) is 5.73 Å². The maximum atomic E-state index is 13.0. The van der Waals surface area contributed by atoms with E-state index >= 15 is 0 Å². The highest BCUT2D eigenvalue weighted by Crippen LogP contribution is 2.44. The molecule has 2 heterocycles. The summed E-state index contributed by atoms with van der Waals surface area (Å²) in [5.74, 6) is 0.243. The van der Waals surface area contributed by atoms with Gasteiger partial charge in [0.05, 0.1) is 10.9 Å². The first kappa shape index (κ1) is 24.4. The molecule has 8 heteroatoms. The van der Waals surface area contributed by atoms with Crippen molar-refractivity contribution < 1.29 is 19.0 Å². The number of ether oxygens (including phenoxy) is 3. The highest BCUT2D eigenvalue weighted by Gasteiger charge is 2.31. The minimum Gasteiger partial charge on any atom is -0.490 e. The van der Waals surface area contributed by atoms with Crippen LogP contribution in [0.4, 0.5) is 0 Å². The quantitative estimate of drug-likeness (QED) is 0.167. The lowest BCUT2D eigenvalue weighted by molar-refractivity contribution is 0.0740. The smallest absolute Gasteiger partial charge is 0.355 e. The van der Waals surface area contributed by atoms with Crippen LogP contribution >= 0.6 is 22.9 Å². The van der Waals surface area contributed by atoms with Crippen LogP contribution in [0.2, 0.25) is 5.02 Å². The van der Waals surface area contributed by atoms with Gasteiger partial charge in [0.25, 0.3) is 0 Å². The lowest BCUT2D eigenvalue weighted by Crippen LogP contribution is -2.21. The third-order valence-electron chi connectivity index (χ3n) is 5.93. The Labute approximate surface area is 222 Å². The number of thiophene rings is 1. The zero-order valence-electron chi connectivity index (χ0n) is 19.8. The van der Waals surface area contributed by atoms with Crippen molar-refractivity contribution in [1.29, 1.82) is 5.26 Å². The fraction of sp³-hybridized carbons (Fsp3) is 0.103. The standard InChI is InChI=1S/C29H21ClN2O4S/c1-3-11-34-18-6-4-5-17(13-18)25-20-10-8-19(14-23(20)36-28(32)22(25)15-31)35-29(33)27-26(30)21-9-7-16(2)12-24(21)37-27/h3-10,12-14,25H,1,11,32H2,2H3. The number of fused-ring (bicyclic) bond motifs is 2. The number of carbonyl (C=O) groups is 1. The summed E-state index contributed by atoms with van der Waals surface area (Å²) in [6.07, 6.45) is 1.66. The first-order valence-electron chi connectivity index (χ1n) is 11.4. The Hall–Kier alpha value is -4.25. The summed E-state index contributed by atoms with van der Waals surface area (Å²) in [7, 11) is 0. The topological polar surface area (TPSA) is 94.6 Å². The molecule has 0 aliphatic carbocycles. The lowest BCUT2D eigenvalue weighted by atomic mass is 9.83. The van der Waals surface area contributed by atoms with Gasteiger partial charge in [-0.3, -0.25) is 0 Å². The first-order valence-corrected chi connectivity index (χ1v) is 12.5. The monoisotopic (exact) mass is 528 g/mol. The van der Waals surface area contributed by atoms with Crippen LogP contribution in [-0.2, 0) is 0 Å². The van der Waals surface area contributed by atoms with Crippen LogP contribution in [0.3, 0.4) is 0 Å². The second-order valence-corrected chi connectivity index (χ2v) is 9.86. The molecule has 6 nitrogen and oxygen atoms in total. The van der Waals surface area contributed by atoms with Crippen LogP contribution in [0.15, 0.2) is 84.8 Å². The Kier molecular flexibility index (Phi) is 6.62. The van der Waals surface area contributed by atoms with E-state index in [2.05, 4.69) is 12.6 Å². The van der Waals surface area contributed by atoms with Crippen molar-refractivity contribution in [1.82, 2.24) is 0 Å². The van der Waals surface area contributed by atoms with Crippen LogP contribution in [0, 0.1) is 18.3 Å². The lowest BCUT2D eigenvalue weighted by Gasteiger charge is -2.27. The number of nitrogens with zero attached hydrogens (tertiary/aromatic N) is 1. The van der Waals surface area contributed by atoms with Crippen LogP contribution in [-0.4, -0.2) is 12.6 Å². The summed E-state index contributed by atoms with van der Waals surface area (Å²) < 4.78 is 18.0. The van der Waals surface area contributed by atoms with E-state index in [1.54, 1.807) is 24.3 Å². The minimum atomic E-state index is -0.565. The first-order chi connectivity index (χ1) is 17.9. The van der Waals surface area contributed by atoms with Gasteiger partial charge in [-0.25, -0.2) is 4.79 Å². The Morgan fingerprint density at radius 2 is 2.05 bits per heavy atom. The van der Waals surface area contributed by atoms with Crippen LogP contribution < -0.4 is 19.9 Å². The van der Waals surface area contributed by atoms with Crippen LogP contribution in [0.5, 0.6) is 17.2 Å². The summed E-state index contributed by atoms with van der Waals surface area (Å²) in [5.41, 5.74) is 9.01. The minimum absolute atomic E-state index is 0.0104. The second-order valence-electron chi connectivity index (χ2n) is 8.43. The number of hydrogen-bond acceptors (Lipinski definition) is 7. The van der Waals surface area contributed by atoms with Gasteiger partial charge in [0.15, 0.2) is 0 Å². The van der Waals surface area contributed by atoms with E-state index in [1.165, 1.54) is 11.3 Å². The van der Waals surface area contributed by atoms with Crippen LogP contribution in [0.25, 0.3) is 10.1 Å². The largest absolute Gasteiger partial charge is 0.490 e. The Morgan fingerprint density at radius 1 is 1.22 bits per heavy atom.